The van der Waals surface area contributed by atoms with Crippen LogP contribution in [0.2, 0.25) is 0 Å². The van der Waals surface area contributed by atoms with Crippen molar-refractivity contribution in [3.63, 3.8) is 0 Å². The Labute approximate surface area is 162 Å². The van der Waals surface area contributed by atoms with Gasteiger partial charge in [0, 0.05) is 0 Å². The van der Waals surface area contributed by atoms with E-state index in [-0.39, 0.29) is 5.41 Å². The molecule has 0 nitrogen and oxygen atoms in total. The molecular formula is C27H24. The molecule has 27 heavy (non-hydrogen) atoms. The monoisotopic (exact) mass is 348 g/mol. The molecule has 0 radical (unpaired) electrons. The number of rotatable bonds is 4. The van der Waals surface area contributed by atoms with Gasteiger partial charge >= 0.3 is 0 Å². The van der Waals surface area contributed by atoms with Crippen LogP contribution in [0.3, 0.4) is 0 Å². The highest BCUT2D eigenvalue weighted by atomic mass is 14.5. The van der Waals surface area contributed by atoms with E-state index in [1.54, 1.807) is 0 Å². The van der Waals surface area contributed by atoms with Crippen molar-refractivity contribution in [2.75, 3.05) is 0 Å². The molecule has 0 amide bonds. The minimum absolute atomic E-state index is 0.363. The van der Waals surface area contributed by atoms with Crippen molar-refractivity contribution in [3.8, 4) is 0 Å². The maximum Gasteiger partial charge on any atom is 0.0727 e. The maximum absolute atomic E-state index is 4.21. The topological polar surface area (TPSA) is 0 Å². The molecule has 1 unspecified atom stereocenters. The van der Waals surface area contributed by atoms with Gasteiger partial charge in [0.25, 0.3) is 0 Å². The lowest BCUT2D eigenvalue weighted by Gasteiger charge is -2.34. The molecular weight excluding hydrogens is 324 g/mol. The van der Waals surface area contributed by atoms with E-state index in [0.717, 1.165) is 0 Å². The van der Waals surface area contributed by atoms with Crippen LogP contribution in [0.1, 0.15) is 36.1 Å². The van der Waals surface area contributed by atoms with Gasteiger partial charge in [-0.1, -0.05) is 92.6 Å². The Morgan fingerprint density at radius 2 is 1.30 bits per heavy atom. The lowest BCUT2D eigenvalue weighted by Crippen LogP contribution is -2.28. The summed E-state index contributed by atoms with van der Waals surface area (Å²) in [6.45, 7) is 16.8. The quantitative estimate of drug-likeness (QED) is 0.556. The Kier molecular flexibility index (Phi) is 4.00. The summed E-state index contributed by atoms with van der Waals surface area (Å²) in [4.78, 5) is 0. The molecule has 1 spiro atoms. The lowest BCUT2D eigenvalue weighted by molar-refractivity contribution is 0.766. The first kappa shape index (κ1) is 17.3. The van der Waals surface area contributed by atoms with Crippen molar-refractivity contribution in [1.82, 2.24) is 0 Å². The van der Waals surface area contributed by atoms with Crippen LogP contribution in [0, 0.1) is 0 Å². The lowest BCUT2D eigenvalue weighted by atomic mass is 9.67. The van der Waals surface area contributed by atoms with Crippen LogP contribution in [-0.2, 0) is 5.41 Å². The van der Waals surface area contributed by atoms with Crippen LogP contribution in [0.4, 0.5) is 0 Å². The fourth-order valence-corrected chi connectivity index (χ4v) is 4.96. The third-order valence-corrected chi connectivity index (χ3v) is 6.02. The highest BCUT2D eigenvalue weighted by molar-refractivity contribution is 6.00. The molecule has 2 aromatic rings. The first-order valence-corrected chi connectivity index (χ1v) is 9.36. The fourth-order valence-electron chi connectivity index (χ4n) is 4.96. The zero-order valence-corrected chi connectivity index (χ0v) is 16.0. The third-order valence-electron chi connectivity index (χ3n) is 6.02. The zero-order chi connectivity index (χ0) is 19.2. The predicted octanol–water partition coefficient (Wildman–Crippen LogP) is 7.03. The van der Waals surface area contributed by atoms with Gasteiger partial charge in [-0.3, -0.25) is 0 Å². The molecule has 0 N–H and O–H groups in total. The minimum atomic E-state index is -0.363. The second-order valence-corrected chi connectivity index (χ2v) is 7.04. The summed E-state index contributed by atoms with van der Waals surface area (Å²) in [5.41, 5.74) is 10.9. The highest BCUT2D eigenvalue weighted by Gasteiger charge is 2.52. The van der Waals surface area contributed by atoms with Gasteiger partial charge in [0.1, 0.15) is 0 Å². The normalized spacial score (nSPS) is 20.7. The molecule has 0 saturated carbocycles. The molecule has 2 aliphatic rings. The van der Waals surface area contributed by atoms with Crippen molar-refractivity contribution >= 4 is 11.1 Å². The average Bonchev–Trinajstić information content (AvgIpc) is 3.18. The van der Waals surface area contributed by atoms with Gasteiger partial charge in [-0.05, 0) is 64.0 Å². The SMILES string of the molecule is C=CC1=C(C=C)C2(C(/C(C)=C\C)=C(C=C)c3ccccc32)c2ccccc21. The molecule has 1 atom stereocenters. The number of fused-ring (bicyclic) bond motifs is 4. The summed E-state index contributed by atoms with van der Waals surface area (Å²) in [7, 11) is 0. The fraction of sp³-hybridized carbons (Fsp3) is 0.111. The highest BCUT2D eigenvalue weighted by Crippen LogP contribution is 2.62. The Morgan fingerprint density at radius 1 is 0.778 bits per heavy atom. The Morgan fingerprint density at radius 3 is 1.78 bits per heavy atom. The van der Waals surface area contributed by atoms with Gasteiger partial charge in [0.2, 0.25) is 0 Å². The molecule has 0 heterocycles. The molecule has 0 saturated heterocycles. The molecule has 4 rings (SSSR count). The summed E-state index contributed by atoms with van der Waals surface area (Å²) < 4.78 is 0. The minimum Gasteiger partial charge on any atom is -0.0987 e. The number of hydrogen-bond acceptors (Lipinski definition) is 0. The van der Waals surface area contributed by atoms with E-state index in [4.69, 9.17) is 0 Å². The first-order valence-electron chi connectivity index (χ1n) is 9.36. The van der Waals surface area contributed by atoms with Crippen molar-refractivity contribution in [1.29, 1.82) is 0 Å². The molecule has 2 aromatic carbocycles. The largest absolute Gasteiger partial charge is 0.0987 e. The summed E-state index contributed by atoms with van der Waals surface area (Å²) >= 11 is 0. The molecule has 0 fully saturated rings. The molecule has 0 aliphatic heterocycles. The van der Waals surface area contributed by atoms with Crippen LogP contribution in [0.5, 0.6) is 0 Å². The van der Waals surface area contributed by atoms with Crippen LogP contribution in [-0.4, -0.2) is 0 Å². The maximum atomic E-state index is 4.21. The van der Waals surface area contributed by atoms with Gasteiger partial charge in [-0.25, -0.2) is 0 Å². The smallest absolute Gasteiger partial charge is 0.0727 e. The van der Waals surface area contributed by atoms with Crippen molar-refractivity contribution < 1.29 is 0 Å². The van der Waals surface area contributed by atoms with Gasteiger partial charge in [-0.15, -0.1) is 0 Å². The standard InChI is InChI=1S/C27H24/c1-6-18(5)26-20(8-3)22-15-11-13-17-25(22)27(26)23(9-4)19(7-2)21-14-10-12-16-24(21)27/h6-17H,2-4H2,1,5H3/b18-6-. The molecule has 0 heteroatoms. The van der Waals surface area contributed by atoms with Gasteiger partial charge in [-0.2, -0.15) is 0 Å². The molecule has 0 aromatic heterocycles. The van der Waals surface area contributed by atoms with Gasteiger partial charge < -0.3 is 0 Å². The summed E-state index contributed by atoms with van der Waals surface area (Å²) in [6, 6.07) is 17.4. The van der Waals surface area contributed by atoms with E-state index in [2.05, 4.69) is 88.2 Å². The zero-order valence-electron chi connectivity index (χ0n) is 16.0. The number of benzene rings is 2. The van der Waals surface area contributed by atoms with Crippen LogP contribution >= 0.6 is 0 Å². The summed E-state index contributed by atoms with van der Waals surface area (Å²) in [6.07, 6.45) is 8.19. The first-order chi connectivity index (χ1) is 13.2. The van der Waals surface area contributed by atoms with Crippen molar-refractivity contribution in [2.45, 2.75) is 19.3 Å². The van der Waals surface area contributed by atoms with Gasteiger partial charge in [0.15, 0.2) is 0 Å². The molecule has 132 valence electrons. The predicted molar refractivity (Wildman–Crippen MR) is 118 cm³/mol. The van der Waals surface area contributed by atoms with E-state index in [9.17, 15) is 0 Å². The number of allylic oxidation sites excluding steroid dienone is 9. The van der Waals surface area contributed by atoms with Crippen molar-refractivity contribution in [3.05, 3.63) is 132 Å². The van der Waals surface area contributed by atoms with Crippen LogP contribution < -0.4 is 0 Å². The Bertz CT molecular complexity index is 1070. The molecule has 0 bridgehead atoms. The van der Waals surface area contributed by atoms with E-state index in [1.807, 2.05) is 18.2 Å². The molecule has 2 aliphatic carbocycles. The second-order valence-electron chi connectivity index (χ2n) is 7.04. The van der Waals surface area contributed by atoms with Crippen molar-refractivity contribution in [2.24, 2.45) is 0 Å². The van der Waals surface area contributed by atoms with Gasteiger partial charge in [0.05, 0.1) is 5.41 Å². The van der Waals surface area contributed by atoms with Crippen LogP contribution in [0.15, 0.2) is 109 Å². The Hall–Kier alpha value is -3.12. The third kappa shape index (κ3) is 1.99. The second kappa shape index (κ2) is 6.25. The van der Waals surface area contributed by atoms with E-state index in [1.165, 1.54) is 50.1 Å². The van der Waals surface area contributed by atoms with Crippen LogP contribution in [0.25, 0.3) is 11.1 Å². The van der Waals surface area contributed by atoms with E-state index >= 15 is 0 Å². The average molecular weight is 348 g/mol. The summed E-state index contributed by atoms with van der Waals surface area (Å²) in [5.74, 6) is 0. The van der Waals surface area contributed by atoms with E-state index < -0.39 is 0 Å². The van der Waals surface area contributed by atoms with E-state index in [0.29, 0.717) is 0 Å². The Balaban J connectivity index is 2.29. The number of hydrogen-bond donors (Lipinski definition) is 0. The summed E-state index contributed by atoms with van der Waals surface area (Å²) in [5, 5.41) is 0.